The predicted molar refractivity (Wildman–Crippen MR) is 113 cm³/mol. The molecule has 0 fully saturated rings. The monoisotopic (exact) mass is 384 g/mol. The van der Waals surface area contributed by atoms with Gasteiger partial charge in [-0.15, -0.1) is 0 Å². The summed E-state index contributed by atoms with van der Waals surface area (Å²) in [6.45, 7) is 4.27. The van der Waals surface area contributed by atoms with Crippen molar-refractivity contribution in [3.05, 3.63) is 12.2 Å². The van der Waals surface area contributed by atoms with Crippen LogP contribution in [-0.4, -0.2) is 37.0 Å². The lowest BCUT2D eigenvalue weighted by atomic mass is 10.1. The van der Waals surface area contributed by atoms with Crippen LogP contribution in [0.5, 0.6) is 0 Å². The van der Waals surface area contributed by atoms with E-state index in [9.17, 15) is 4.79 Å². The summed E-state index contributed by atoms with van der Waals surface area (Å²) in [5.41, 5.74) is 0. The van der Waals surface area contributed by atoms with Crippen molar-refractivity contribution in [2.75, 3.05) is 19.8 Å². The topological polar surface area (TPSA) is 55.8 Å². The number of aliphatic hydroxyl groups is 1. The van der Waals surface area contributed by atoms with Crippen LogP contribution in [0.25, 0.3) is 0 Å². The molecule has 0 heterocycles. The highest BCUT2D eigenvalue weighted by atomic mass is 16.6. The molecule has 0 bridgehead atoms. The molecule has 1 unspecified atom stereocenters. The zero-order chi connectivity index (χ0) is 20.0. The van der Waals surface area contributed by atoms with Crippen LogP contribution in [0.15, 0.2) is 12.2 Å². The Kier molecular flexibility index (Phi) is 20.7. The summed E-state index contributed by atoms with van der Waals surface area (Å²) in [7, 11) is 0. The largest absolute Gasteiger partial charge is 0.463 e. The average molecular weight is 385 g/mol. The molecule has 27 heavy (non-hydrogen) atoms. The van der Waals surface area contributed by atoms with Gasteiger partial charge in [-0.2, -0.15) is 0 Å². The Bertz CT molecular complexity index is 341. The highest BCUT2D eigenvalue weighted by Gasteiger charge is 2.09. The molecule has 0 saturated heterocycles. The quantitative estimate of drug-likeness (QED) is 0.160. The summed E-state index contributed by atoms with van der Waals surface area (Å²) < 4.78 is 10.4. The summed E-state index contributed by atoms with van der Waals surface area (Å²) in [5, 5.41) is 9.15. The molecular formula is C23H44O4. The normalized spacial score (nSPS) is 12.6. The van der Waals surface area contributed by atoms with Gasteiger partial charge in [0.2, 0.25) is 0 Å². The molecule has 0 saturated carbocycles. The molecule has 4 nitrogen and oxygen atoms in total. The van der Waals surface area contributed by atoms with Crippen LogP contribution in [0.4, 0.5) is 0 Å². The summed E-state index contributed by atoms with van der Waals surface area (Å²) in [5.74, 6) is -0.339. The molecule has 160 valence electrons. The maximum atomic E-state index is 10.7. The number of hydrogen-bond donors (Lipinski definition) is 1. The molecule has 0 aromatic rings. The van der Waals surface area contributed by atoms with Crippen molar-refractivity contribution in [1.82, 2.24) is 0 Å². The fourth-order valence-corrected chi connectivity index (χ4v) is 2.96. The molecule has 0 radical (unpaired) electrons. The molecule has 0 spiro atoms. The molecule has 0 aliphatic heterocycles. The Balaban J connectivity index is 3.26. The highest BCUT2D eigenvalue weighted by Crippen LogP contribution is 2.10. The maximum Gasteiger partial charge on any atom is 0.302 e. The first kappa shape index (κ1) is 26.1. The minimum Gasteiger partial charge on any atom is -0.463 e. The van der Waals surface area contributed by atoms with Gasteiger partial charge in [-0.3, -0.25) is 4.79 Å². The zero-order valence-corrected chi connectivity index (χ0v) is 17.9. The highest BCUT2D eigenvalue weighted by molar-refractivity contribution is 5.65. The first-order valence-electron chi connectivity index (χ1n) is 11.2. The number of unbranched alkanes of at least 4 members (excludes halogenated alkanes) is 12. The van der Waals surface area contributed by atoms with Crippen molar-refractivity contribution in [2.24, 2.45) is 0 Å². The van der Waals surface area contributed by atoms with Crippen LogP contribution in [-0.2, 0) is 14.3 Å². The van der Waals surface area contributed by atoms with Gasteiger partial charge in [0, 0.05) is 13.5 Å². The van der Waals surface area contributed by atoms with E-state index in [1.807, 2.05) is 0 Å². The number of carbonyl (C=O) groups is 1. The van der Waals surface area contributed by atoms with E-state index in [-0.39, 0.29) is 19.2 Å². The van der Waals surface area contributed by atoms with Crippen LogP contribution >= 0.6 is 0 Å². The molecule has 0 aromatic heterocycles. The minimum absolute atomic E-state index is 0.111. The maximum absolute atomic E-state index is 10.7. The SMILES string of the molecule is CCCCCCCC/C=C\CCCCCCCCOC(CO)COC(C)=O. The number of ether oxygens (including phenoxy) is 2. The minimum atomic E-state index is -0.392. The van der Waals surface area contributed by atoms with Gasteiger partial charge in [0.25, 0.3) is 0 Å². The van der Waals surface area contributed by atoms with E-state index in [4.69, 9.17) is 14.6 Å². The summed E-state index contributed by atoms with van der Waals surface area (Å²) in [4.78, 5) is 10.7. The van der Waals surface area contributed by atoms with Crippen molar-refractivity contribution in [3.8, 4) is 0 Å². The predicted octanol–water partition coefficient (Wildman–Crippen LogP) is 5.96. The van der Waals surface area contributed by atoms with Gasteiger partial charge >= 0.3 is 5.97 Å². The lowest BCUT2D eigenvalue weighted by molar-refractivity contribution is -0.146. The van der Waals surface area contributed by atoms with E-state index in [1.54, 1.807) is 0 Å². The van der Waals surface area contributed by atoms with Gasteiger partial charge in [-0.25, -0.2) is 0 Å². The molecule has 1 N–H and O–H groups in total. The van der Waals surface area contributed by atoms with Gasteiger partial charge in [-0.1, -0.05) is 76.9 Å². The number of allylic oxidation sites excluding steroid dienone is 2. The second-order valence-electron chi connectivity index (χ2n) is 7.42. The van der Waals surface area contributed by atoms with Crippen molar-refractivity contribution < 1.29 is 19.4 Å². The molecular weight excluding hydrogens is 340 g/mol. The average Bonchev–Trinajstić information content (AvgIpc) is 2.66. The number of hydrogen-bond acceptors (Lipinski definition) is 4. The third-order valence-electron chi connectivity index (χ3n) is 4.69. The second kappa shape index (κ2) is 21.4. The Morgan fingerprint density at radius 2 is 1.37 bits per heavy atom. The van der Waals surface area contributed by atoms with Crippen molar-refractivity contribution in [2.45, 2.75) is 110 Å². The molecule has 1 atom stereocenters. The number of rotatable bonds is 20. The molecule has 0 amide bonds. The van der Waals surface area contributed by atoms with Gasteiger partial charge in [0.15, 0.2) is 0 Å². The number of carbonyl (C=O) groups excluding carboxylic acids is 1. The third-order valence-corrected chi connectivity index (χ3v) is 4.69. The molecule has 0 rings (SSSR count). The van der Waals surface area contributed by atoms with Crippen molar-refractivity contribution >= 4 is 5.97 Å². The van der Waals surface area contributed by atoms with E-state index in [1.165, 1.54) is 84.0 Å². The molecule has 4 heteroatoms. The van der Waals surface area contributed by atoms with E-state index < -0.39 is 6.10 Å². The second-order valence-corrected chi connectivity index (χ2v) is 7.42. The van der Waals surface area contributed by atoms with Gasteiger partial charge in [-0.05, 0) is 32.1 Å². The van der Waals surface area contributed by atoms with Gasteiger partial charge in [0.1, 0.15) is 12.7 Å². The smallest absolute Gasteiger partial charge is 0.302 e. The van der Waals surface area contributed by atoms with Crippen LogP contribution in [0.1, 0.15) is 104 Å². The summed E-state index contributed by atoms with van der Waals surface area (Å²) >= 11 is 0. The number of aliphatic hydroxyl groups excluding tert-OH is 1. The van der Waals surface area contributed by atoms with E-state index in [0.717, 1.165) is 12.8 Å². The lowest BCUT2D eigenvalue weighted by Crippen LogP contribution is -2.25. The summed E-state index contributed by atoms with van der Waals surface area (Å²) in [6, 6.07) is 0. The Morgan fingerprint density at radius 3 is 1.89 bits per heavy atom. The zero-order valence-electron chi connectivity index (χ0n) is 17.9. The van der Waals surface area contributed by atoms with E-state index in [0.29, 0.717) is 6.61 Å². The Labute approximate surface area is 167 Å². The van der Waals surface area contributed by atoms with Gasteiger partial charge in [0.05, 0.1) is 6.61 Å². The Hall–Kier alpha value is -0.870. The van der Waals surface area contributed by atoms with Gasteiger partial charge < -0.3 is 14.6 Å². The molecule has 0 aromatic carbocycles. The first-order valence-corrected chi connectivity index (χ1v) is 11.2. The molecule has 0 aliphatic rings. The van der Waals surface area contributed by atoms with Crippen LogP contribution in [0.3, 0.4) is 0 Å². The third kappa shape index (κ3) is 21.3. The fourth-order valence-electron chi connectivity index (χ4n) is 2.96. The summed E-state index contributed by atoms with van der Waals surface area (Å²) in [6.07, 6.45) is 22.3. The van der Waals surface area contributed by atoms with Crippen molar-refractivity contribution in [3.63, 3.8) is 0 Å². The first-order chi connectivity index (χ1) is 13.2. The fraction of sp³-hybridized carbons (Fsp3) is 0.870. The lowest BCUT2D eigenvalue weighted by Gasteiger charge is -2.14. The van der Waals surface area contributed by atoms with E-state index in [2.05, 4.69) is 19.1 Å². The van der Waals surface area contributed by atoms with Crippen LogP contribution < -0.4 is 0 Å². The van der Waals surface area contributed by atoms with Crippen LogP contribution in [0, 0.1) is 0 Å². The van der Waals surface area contributed by atoms with Crippen LogP contribution in [0.2, 0.25) is 0 Å². The Morgan fingerprint density at radius 1 is 0.852 bits per heavy atom. The number of esters is 1. The van der Waals surface area contributed by atoms with Crippen molar-refractivity contribution in [1.29, 1.82) is 0 Å². The molecule has 0 aliphatic carbocycles. The standard InChI is InChI=1S/C23H44O4/c1-3-4-5-6-7-8-9-10-11-12-13-14-15-16-17-18-19-26-23(20-24)21-27-22(2)25/h10-11,23-24H,3-9,12-21H2,1-2H3/b11-10-. The van der Waals surface area contributed by atoms with E-state index >= 15 is 0 Å².